The second-order valence-electron chi connectivity index (χ2n) is 4.47. The summed E-state index contributed by atoms with van der Waals surface area (Å²) in [6.07, 6.45) is 0.136. The average Bonchev–Trinajstić information content (AvgIpc) is 2.49. The zero-order chi connectivity index (χ0) is 15.2. The second kappa shape index (κ2) is 7.21. The van der Waals surface area contributed by atoms with E-state index in [1.54, 1.807) is 25.3 Å². The highest BCUT2D eigenvalue weighted by Crippen LogP contribution is 2.29. The van der Waals surface area contributed by atoms with Gasteiger partial charge in [-0.25, -0.2) is 0 Å². The van der Waals surface area contributed by atoms with E-state index in [2.05, 4.69) is 10.6 Å². The number of thioether (sulfide) groups is 1. The number of carbonyl (C=O) groups is 2. The van der Waals surface area contributed by atoms with Gasteiger partial charge in [0.05, 0.1) is 25.2 Å². The summed E-state index contributed by atoms with van der Waals surface area (Å²) >= 11 is 1.50. The van der Waals surface area contributed by atoms with E-state index in [0.717, 1.165) is 5.75 Å². The van der Waals surface area contributed by atoms with Gasteiger partial charge in [-0.1, -0.05) is 0 Å². The van der Waals surface area contributed by atoms with Gasteiger partial charge in [0.2, 0.25) is 11.8 Å². The summed E-state index contributed by atoms with van der Waals surface area (Å²) in [5.74, 6) is 1.68. The molecule has 0 bridgehead atoms. The fourth-order valence-corrected chi connectivity index (χ4v) is 3.01. The van der Waals surface area contributed by atoms with Crippen LogP contribution in [-0.2, 0) is 9.59 Å². The van der Waals surface area contributed by atoms with Crippen molar-refractivity contribution < 1.29 is 19.1 Å². The molecule has 0 aromatic heterocycles. The minimum absolute atomic E-state index is 0.0843. The van der Waals surface area contributed by atoms with Crippen molar-refractivity contribution in [1.82, 2.24) is 5.32 Å². The normalized spacial score (nSPS) is 17.8. The minimum Gasteiger partial charge on any atom is -0.497 e. The number of methoxy groups -OCH3 is 2. The van der Waals surface area contributed by atoms with Gasteiger partial charge < -0.3 is 20.1 Å². The van der Waals surface area contributed by atoms with Crippen LogP contribution >= 0.6 is 11.8 Å². The van der Waals surface area contributed by atoms with Gasteiger partial charge in [0.1, 0.15) is 11.5 Å². The smallest absolute Gasteiger partial charge is 0.233 e. The average molecular weight is 310 g/mol. The van der Waals surface area contributed by atoms with Gasteiger partial charge in [0.25, 0.3) is 0 Å². The van der Waals surface area contributed by atoms with Crippen LogP contribution in [0.4, 0.5) is 5.69 Å². The number of amides is 2. The van der Waals surface area contributed by atoms with E-state index in [0.29, 0.717) is 23.7 Å². The molecule has 2 amide bonds. The SMILES string of the molecule is COc1ccc(OC)c(NC(=O)CC2SCCNC2=O)c1. The lowest BCUT2D eigenvalue weighted by molar-refractivity contribution is -0.123. The van der Waals surface area contributed by atoms with Gasteiger partial charge in [0.15, 0.2) is 0 Å². The monoisotopic (exact) mass is 310 g/mol. The topological polar surface area (TPSA) is 76.7 Å². The first kappa shape index (κ1) is 15.5. The molecule has 0 spiro atoms. The summed E-state index contributed by atoms with van der Waals surface area (Å²) < 4.78 is 10.3. The third-order valence-corrected chi connectivity index (χ3v) is 4.29. The van der Waals surface area contributed by atoms with Gasteiger partial charge in [-0.05, 0) is 12.1 Å². The Balaban J connectivity index is 2.03. The number of anilines is 1. The fourth-order valence-electron chi connectivity index (χ4n) is 2.00. The maximum atomic E-state index is 12.1. The molecule has 2 rings (SSSR count). The lowest BCUT2D eigenvalue weighted by atomic mass is 10.2. The van der Waals surface area contributed by atoms with Gasteiger partial charge >= 0.3 is 0 Å². The Kier molecular flexibility index (Phi) is 5.32. The zero-order valence-corrected chi connectivity index (χ0v) is 12.8. The summed E-state index contributed by atoms with van der Waals surface area (Å²) in [5, 5.41) is 5.19. The van der Waals surface area contributed by atoms with Crippen LogP contribution in [0.2, 0.25) is 0 Å². The van der Waals surface area contributed by atoms with Crippen LogP contribution in [0.5, 0.6) is 11.5 Å². The van der Waals surface area contributed by atoms with Crippen molar-refractivity contribution >= 4 is 29.3 Å². The maximum Gasteiger partial charge on any atom is 0.233 e. The Morgan fingerprint density at radius 3 is 2.90 bits per heavy atom. The van der Waals surface area contributed by atoms with E-state index in [9.17, 15) is 9.59 Å². The lowest BCUT2D eigenvalue weighted by Gasteiger charge is -2.21. The molecular weight excluding hydrogens is 292 g/mol. The first-order valence-corrected chi connectivity index (χ1v) is 7.60. The molecule has 0 saturated carbocycles. The Hall–Kier alpha value is -1.89. The minimum atomic E-state index is -0.338. The van der Waals surface area contributed by atoms with Crippen LogP contribution < -0.4 is 20.1 Å². The van der Waals surface area contributed by atoms with Crippen molar-refractivity contribution in [3.05, 3.63) is 18.2 Å². The quantitative estimate of drug-likeness (QED) is 0.856. The number of rotatable bonds is 5. The predicted octanol–water partition coefficient (Wildman–Crippen LogP) is 1.26. The predicted molar refractivity (Wildman–Crippen MR) is 82.0 cm³/mol. The molecule has 6 nitrogen and oxygen atoms in total. The molecule has 1 unspecified atom stereocenters. The van der Waals surface area contributed by atoms with Gasteiger partial charge in [-0.3, -0.25) is 9.59 Å². The summed E-state index contributed by atoms with van der Waals surface area (Å²) in [6.45, 7) is 0.658. The van der Waals surface area contributed by atoms with E-state index in [1.165, 1.54) is 18.9 Å². The highest BCUT2D eigenvalue weighted by Gasteiger charge is 2.25. The molecule has 1 aliphatic rings. The largest absolute Gasteiger partial charge is 0.497 e. The molecule has 7 heteroatoms. The first-order chi connectivity index (χ1) is 10.1. The molecule has 1 heterocycles. The van der Waals surface area contributed by atoms with Crippen molar-refractivity contribution in [3.63, 3.8) is 0 Å². The Morgan fingerprint density at radius 1 is 1.43 bits per heavy atom. The van der Waals surface area contributed by atoms with E-state index in [-0.39, 0.29) is 23.5 Å². The Labute approximate surface area is 127 Å². The Bertz CT molecular complexity index is 536. The molecule has 0 radical (unpaired) electrons. The third-order valence-electron chi connectivity index (χ3n) is 3.06. The summed E-state index contributed by atoms with van der Waals surface area (Å²) in [4.78, 5) is 23.7. The van der Waals surface area contributed by atoms with Crippen molar-refractivity contribution in [3.8, 4) is 11.5 Å². The summed E-state index contributed by atoms with van der Waals surface area (Å²) in [6, 6.07) is 5.15. The third kappa shape index (κ3) is 4.04. The molecule has 1 atom stereocenters. The number of hydrogen-bond donors (Lipinski definition) is 2. The number of nitrogens with one attached hydrogen (secondary N) is 2. The van der Waals surface area contributed by atoms with Crippen molar-refractivity contribution in [1.29, 1.82) is 0 Å². The molecule has 0 aliphatic carbocycles. The number of carbonyl (C=O) groups excluding carboxylic acids is 2. The first-order valence-electron chi connectivity index (χ1n) is 6.55. The Morgan fingerprint density at radius 2 is 2.24 bits per heavy atom. The number of ether oxygens (including phenoxy) is 2. The molecule has 21 heavy (non-hydrogen) atoms. The van der Waals surface area contributed by atoms with Crippen LogP contribution in [-0.4, -0.2) is 43.6 Å². The van der Waals surface area contributed by atoms with Gasteiger partial charge in [-0.15, -0.1) is 11.8 Å². The van der Waals surface area contributed by atoms with Crippen LogP contribution in [0.15, 0.2) is 18.2 Å². The number of hydrogen-bond acceptors (Lipinski definition) is 5. The molecule has 2 N–H and O–H groups in total. The summed E-state index contributed by atoms with van der Waals surface area (Å²) in [5.41, 5.74) is 0.531. The van der Waals surface area contributed by atoms with E-state index in [4.69, 9.17) is 9.47 Å². The second-order valence-corrected chi connectivity index (χ2v) is 5.78. The molecule has 1 saturated heterocycles. The maximum absolute atomic E-state index is 12.1. The zero-order valence-electron chi connectivity index (χ0n) is 12.0. The molecule has 1 aliphatic heterocycles. The molecule has 1 fully saturated rings. The summed E-state index contributed by atoms with van der Waals surface area (Å²) in [7, 11) is 3.08. The standard InChI is InChI=1S/C14H18N2O4S/c1-19-9-3-4-11(20-2)10(7-9)16-13(17)8-12-14(18)15-5-6-21-12/h3-4,7,12H,5-6,8H2,1-2H3,(H,15,18)(H,16,17). The molecular formula is C14H18N2O4S. The van der Waals surface area contributed by atoms with Crippen LogP contribution in [0.3, 0.4) is 0 Å². The van der Waals surface area contributed by atoms with Crippen LogP contribution in [0, 0.1) is 0 Å². The number of benzene rings is 1. The lowest BCUT2D eigenvalue weighted by Crippen LogP contribution is -2.40. The van der Waals surface area contributed by atoms with Crippen molar-refractivity contribution in [2.24, 2.45) is 0 Å². The van der Waals surface area contributed by atoms with Gasteiger partial charge in [0, 0.05) is 24.8 Å². The van der Waals surface area contributed by atoms with E-state index in [1.807, 2.05) is 0 Å². The van der Waals surface area contributed by atoms with Gasteiger partial charge in [-0.2, -0.15) is 0 Å². The van der Waals surface area contributed by atoms with Crippen LogP contribution in [0.25, 0.3) is 0 Å². The van der Waals surface area contributed by atoms with E-state index < -0.39 is 0 Å². The van der Waals surface area contributed by atoms with Crippen molar-refractivity contribution in [2.75, 3.05) is 31.8 Å². The van der Waals surface area contributed by atoms with E-state index >= 15 is 0 Å². The fraction of sp³-hybridized carbons (Fsp3) is 0.429. The van der Waals surface area contributed by atoms with Crippen molar-refractivity contribution in [2.45, 2.75) is 11.7 Å². The highest BCUT2D eigenvalue weighted by atomic mass is 32.2. The van der Waals surface area contributed by atoms with Crippen LogP contribution in [0.1, 0.15) is 6.42 Å². The molecule has 1 aromatic carbocycles. The molecule has 1 aromatic rings. The molecule has 114 valence electrons. The highest BCUT2D eigenvalue weighted by molar-refractivity contribution is 8.00.